The van der Waals surface area contributed by atoms with Gasteiger partial charge in [0.05, 0.1) is 11.6 Å². The van der Waals surface area contributed by atoms with Crippen molar-refractivity contribution in [3.8, 4) is 6.07 Å². The molecule has 6 nitrogen and oxygen atoms in total. The minimum Gasteiger partial charge on any atom is -0.444 e. The molecule has 1 aliphatic heterocycles. The van der Waals surface area contributed by atoms with E-state index in [2.05, 4.69) is 21.3 Å². The summed E-state index contributed by atoms with van der Waals surface area (Å²) >= 11 is 0. The first-order chi connectivity index (χ1) is 10.4. The number of carbonyl (C=O) groups excluding carboxylic acids is 1. The molecule has 2 rings (SSSR count). The van der Waals surface area contributed by atoms with E-state index in [1.807, 2.05) is 20.8 Å². The maximum absolute atomic E-state index is 11.7. The van der Waals surface area contributed by atoms with Crippen molar-refractivity contribution in [1.29, 1.82) is 5.26 Å². The second-order valence-corrected chi connectivity index (χ2v) is 6.39. The molecule has 0 spiro atoms. The van der Waals surface area contributed by atoms with Crippen LogP contribution in [-0.4, -0.2) is 35.8 Å². The van der Waals surface area contributed by atoms with Crippen LogP contribution in [0.1, 0.15) is 39.2 Å². The number of carbonyl (C=O) groups is 1. The number of aromatic nitrogens is 1. The Morgan fingerprint density at radius 3 is 3.05 bits per heavy atom. The van der Waals surface area contributed by atoms with Gasteiger partial charge in [0, 0.05) is 25.3 Å². The zero-order valence-corrected chi connectivity index (χ0v) is 13.3. The van der Waals surface area contributed by atoms with Gasteiger partial charge in [-0.05, 0) is 45.7 Å². The van der Waals surface area contributed by atoms with Gasteiger partial charge in [-0.25, -0.2) is 9.78 Å². The molecule has 0 bridgehead atoms. The predicted octanol–water partition coefficient (Wildman–Crippen LogP) is 2.45. The quantitative estimate of drug-likeness (QED) is 0.928. The highest BCUT2D eigenvalue weighted by Gasteiger charge is 2.27. The van der Waals surface area contributed by atoms with Crippen molar-refractivity contribution in [3.05, 3.63) is 23.9 Å². The van der Waals surface area contributed by atoms with Gasteiger partial charge in [-0.3, -0.25) is 0 Å². The number of amides is 1. The lowest BCUT2D eigenvalue weighted by molar-refractivity contribution is 0.0525. The highest BCUT2D eigenvalue weighted by molar-refractivity contribution is 5.67. The molecule has 0 radical (unpaired) electrons. The standard InChI is InChI=1S/C16H22N4O2/c1-16(2,3)22-15(21)19-11-13-5-4-8-20(13)14-9-12(10-17)6-7-18-14/h6-7,9,13H,4-5,8,11H2,1-3H3,(H,19,21)/t13-/m1/s1. The third-order valence-corrected chi connectivity index (χ3v) is 3.43. The first-order valence-corrected chi connectivity index (χ1v) is 7.49. The summed E-state index contributed by atoms with van der Waals surface area (Å²) in [4.78, 5) is 18.2. The van der Waals surface area contributed by atoms with Crippen LogP contribution in [0.25, 0.3) is 0 Å². The molecule has 1 atom stereocenters. The van der Waals surface area contributed by atoms with Crippen LogP contribution < -0.4 is 10.2 Å². The van der Waals surface area contributed by atoms with Crippen LogP contribution in [0.5, 0.6) is 0 Å². The molecule has 1 N–H and O–H groups in total. The average molecular weight is 302 g/mol. The maximum atomic E-state index is 11.7. The predicted molar refractivity (Wildman–Crippen MR) is 83.6 cm³/mol. The van der Waals surface area contributed by atoms with Gasteiger partial charge in [-0.2, -0.15) is 5.26 Å². The van der Waals surface area contributed by atoms with E-state index in [1.54, 1.807) is 18.3 Å². The van der Waals surface area contributed by atoms with E-state index in [4.69, 9.17) is 10.00 Å². The zero-order chi connectivity index (χ0) is 16.2. The van der Waals surface area contributed by atoms with Gasteiger partial charge in [0.2, 0.25) is 0 Å². The highest BCUT2D eigenvalue weighted by atomic mass is 16.6. The molecule has 0 aliphatic carbocycles. The summed E-state index contributed by atoms with van der Waals surface area (Å²) in [7, 11) is 0. The van der Waals surface area contributed by atoms with Crippen LogP contribution in [0.15, 0.2) is 18.3 Å². The molecule has 1 aromatic heterocycles. The number of pyridine rings is 1. The Morgan fingerprint density at radius 2 is 2.36 bits per heavy atom. The lowest BCUT2D eigenvalue weighted by Gasteiger charge is -2.27. The first kappa shape index (κ1) is 16.1. The summed E-state index contributed by atoms with van der Waals surface area (Å²) in [5.74, 6) is 0.785. The Labute approximate surface area is 131 Å². The van der Waals surface area contributed by atoms with Gasteiger partial charge < -0.3 is 15.0 Å². The van der Waals surface area contributed by atoms with Gasteiger partial charge in [0.15, 0.2) is 0 Å². The molecular weight excluding hydrogens is 280 g/mol. The number of nitrogens with one attached hydrogen (secondary N) is 1. The summed E-state index contributed by atoms with van der Waals surface area (Å²) in [6.07, 6.45) is 3.26. The molecule has 0 unspecified atom stereocenters. The molecule has 2 heterocycles. The molecule has 1 fully saturated rings. The van der Waals surface area contributed by atoms with Crippen LogP contribution in [0.4, 0.5) is 10.6 Å². The van der Waals surface area contributed by atoms with Gasteiger partial charge in [-0.15, -0.1) is 0 Å². The van der Waals surface area contributed by atoms with E-state index in [0.717, 1.165) is 25.2 Å². The summed E-state index contributed by atoms with van der Waals surface area (Å²) < 4.78 is 5.25. The van der Waals surface area contributed by atoms with Crippen molar-refractivity contribution in [2.45, 2.75) is 45.3 Å². The third-order valence-electron chi connectivity index (χ3n) is 3.43. The summed E-state index contributed by atoms with van der Waals surface area (Å²) in [5, 5.41) is 11.8. The first-order valence-electron chi connectivity index (χ1n) is 7.49. The Morgan fingerprint density at radius 1 is 1.59 bits per heavy atom. The fourth-order valence-corrected chi connectivity index (χ4v) is 2.51. The van der Waals surface area contributed by atoms with Gasteiger partial charge in [-0.1, -0.05) is 0 Å². The number of alkyl carbamates (subject to hydrolysis) is 1. The molecule has 0 saturated carbocycles. The molecule has 1 aliphatic rings. The Kier molecular flexibility index (Phi) is 4.86. The zero-order valence-electron chi connectivity index (χ0n) is 13.3. The van der Waals surface area contributed by atoms with Crippen molar-refractivity contribution >= 4 is 11.9 Å². The van der Waals surface area contributed by atoms with Gasteiger partial charge >= 0.3 is 6.09 Å². The summed E-state index contributed by atoms with van der Waals surface area (Å²) in [6.45, 7) is 6.90. The second kappa shape index (κ2) is 6.65. The van der Waals surface area contributed by atoms with E-state index in [-0.39, 0.29) is 6.04 Å². The number of nitrogens with zero attached hydrogens (tertiary/aromatic N) is 3. The van der Waals surface area contributed by atoms with E-state index in [1.165, 1.54) is 0 Å². The lowest BCUT2D eigenvalue weighted by Crippen LogP contribution is -2.42. The van der Waals surface area contributed by atoms with Crippen molar-refractivity contribution in [2.24, 2.45) is 0 Å². The topological polar surface area (TPSA) is 78.2 Å². The minimum absolute atomic E-state index is 0.175. The number of rotatable bonds is 3. The molecule has 6 heteroatoms. The maximum Gasteiger partial charge on any atom is 0.407 e. The molecule has 1 saturated heterocycles. The van der Waals surface area contributed by atoms with Gasteiger partial charge in [0.25, 0.3) is 0 Å². The summed E-state index contributed by atoms with van der Waals surface area (Å²) in [5.41, 5.74) is 0.0954. The van der Waals surface area contributed by atoms with Crippen LogP contribution in [0.3, 0.4) is 0 Å². The average Bonchev–Trinajstić information content (AvgIpc) is 2.92. The number of ether oxygens (including phenoxy) is 1. The third kappa shape index (κ3) is 4.35. The van der Waals surface area contributed by atoms with Crippen molar-refractivity contribution in [1.82, 2.24) is 10.3 Å². The lowest BCUT2D eigenvalue weighted by atomic mass is 10.2. The fraction of sp³-hybridized carbons (Fsp3) is 0.562. The highest BCUT2D eigenvalue weighted by Crippen LogP contribution is 2.24. The number of anilines is 1. The molecule has 1 aromatic rings. The number of nitriles is 1. The van der Waals surface area contributed by atoms with Gasteiger partial charge in [0.1, 0.15) is 11.4 Å². The fourth-order valence-electron chi connectivity index (χ4n) is 2.51. The largest absolute Gasteiger partial charge is 0.444 e. The van der Waals surface area contributed by atoms with Crippen molar-refractivity contribution < 1.29 is 9.53 Å². The molecule has 22 heavy (non-hydrogen) atoms. The SMILES string of the molecule is CC(C)(C)OC(=O)NC[C@H]1CCCN1c1cc(C#N)ccn1. The second-order valence-electron chi connectivity index (χ2n) is 6.39. The van der Waals surface area contributed by atoms with E-state index in [9.17, 15) is 4.79 Å². The van der Waals surface area contributed by atoms with E-state index >= 15 is 0 Å². The smallest absolute Gasteiger partial charge is 0.407 e. The molecular formula is C16H22N4O2. The minimum atomic E-state index is -0.498. The van der Waals surface area contributed by atoms with E-state index < -0.39 is 11.7 Å². The monoisotopic (exact) mass is 302 g/mol. The Balaban J connectivity index is 1.96. The number of hydrogen-bond acceptors (Lipinski definition) is 5. The van der Waals surface area contributed by atoms with Crippen LogP contribution >= 0.6 is 0 Å². The van der Waals surface area contributed by atoms with Crippen molar-refractivity contribution in [2.75, 3.05) is 18.0 Å². The van der Waals surface area contributed by atoms with Crippen LogP contribution in [0.2, 0.25) is 0 Å². The van der Waals surface area contributed by atoms with Crippen LogP contribution in [-0.2, 0) is 4.74 Å². The van der Waals surface area contributed by atoms with Crippen molar-refractivity contribution in [3.63, 3.8) is 0 Å². The molecule has 118 valence electrons. The summed E-state index contributed by atoms with van der Waals surface area (Å²) in [6, 6.07) is 5.77. The Bertz CT molecular complexity index is 574. The van der Waals surface area contributed by atoms with E-state index in [0.29, 0.717) is 12.1 Å². The normalized spacial score (nSPS) is 17.9. The Hall–Kier alpha value is -2.29. The van der Waals surface area contributed by atoms with Crippen LogP contribution in [0, 0.1) is 11.3 Å². The molecule has 1 amide bonds. The number of hydrogen-bond donors (Lipinski definition) is 1. The molecule has 0 aromatic carbocycles.